The van der Waals surface area contributed by atoms with E-state index in [9.17, 15) is 4.79 Å². The molecule has 0 saturated heterocycles. The molecule has 0 aromatic heterocycles. The molecule has 0 aliphatic carbocycles. The van der Waals surface area contributed by atoms with Crippen molar-refractivity contribution in [1.29, 1.82) is 0 Å². The van der Waals surface area contributed by atoms with Crippen molar-refractivity contribution in [2.45, 2.75) is 13.2 Å². The monoisotopic (exact) mass is 149 g/mol. The van der Waals surface area contributed by atoms with Gasteiger partial charge in [0.05, 0.1) is 0 Å². The minimum absolute atomic E-state index is 0.323. The molecule has 0 aromatic rings. The highest BCUT2D eigenvalue weighted by atomic mass is 32.2. The van der Waals surface area contributed by atoms with E-state index in [1.165, 1.54) is 6.92 Å². The van der Waals surface area contributed by atoms with Crippen molar-refractivity contribution in [1.82, 2.24) is 0 Å². The van der Waals surface area contributed by atoms with Crippen molar-refractivity contribution >= 4 is 17.7 Å². The zero-order valence-corrected chi connectivity index (χ0v) is 6.40. The first-order valence-corrected chi connectivity index (χ1v) is 3.98. The lowest BCUT2D eigenvalue weighted by atomic mass is 10.7. The normalized spacial score (nSPS) is 12.8. The molecule has 0 heterocycles. The van der Waals surface area contributed by atoms with E-state index in [1.807, 2.05) is 6.26 Å². The minimum Gasteiger partial charge on any atom is -0.446 e. The van der Waals surface area contributed by atoms with Crippen LogP contribution in [0.5, 0.6) is 0 Å². The summed E-state index contributed by atoms with van der Waals surface area (Å²) in [7, 11) is 0. The molecule has 4 heteroatoms. The van der Waals surface area contributed by atoms with E-state index in [0.717, 1.165) is 0 Å². The molecule has 0 radical (unpaired) electrons. The van der Waals surface area contributed by atoms with E-state index < -0.39 is 6.23 Å². The molecule has 0 spiro atoms. The summed E-state index contributed by atoms with van der Waals surface area (Å²) in [6.07, 6.45) is 1.46. The first-order valence-electron chi connectivity index (χ1n) is 2.58. The number of rotatable bonds is 3. The van der Waals surface area contributed by atoms with Gasteiger partial charge in [-0.1, -0.05) is 0 Å². The second kappa shape index (κ2) is 4.64. The number of esters is 1. The Balaban J connectivity index is 3.26. The van der Waals surface area contributed by atoms with Gasteiger partial charge in [0, 0.05) is 12.7 Å². The van der Waals surface area contributed by atoms with Gasteiger partial charge in [-0.2, -0.15) is 11.8 Å². The van der Waals surface area contributed by atoms with Gasteiger partial charge in [0.15, 0.2) is 6.23 Å². The number of hydrogen-bond acceptors (Lipinski definition) is 4. The van der Waals surface area contributed by atoms with E-state index in [-0.39, 0.29) is 5.97 Å². The van der Waals surface area contributed by atoms with Crippen LogP contribution in [0.4, 0.5) is 0 Å². The predicted molar refractivity (Wildman–Crippen MR) is 38.1 cm³/mol. The molecule has 1 atom stereocenters. The Morgan fingerprint density at radius 2 is 2.44 bits per heavy atom. The molecular weight excluding hydrogens is 138 g/mol. The van der Waals surface area contributed by atoms with Crippen LogP contribution in [0.15, 0.2) is 0 Å². The van der Waals surface area contributed by atoms with Crippen LogP contribution in [0.3, 0.4) is 0 Å². The number of nitrogens with two attached hydrogens (primary N) is 1. The maximum atomic E-state index is 10.2. The molecule has 0 rings (SSSR count). The smallest absolute Gasteiger partial charge is 0.304 e. The van der Waals surface area contributed by atoms with Crippen molar-refractivity contribution in [3.05, 3.63) is 0 Å². The van der Waals surface area contributed by atoms with Gasteiger partial charge in [-0.3, -0.25) is 10.5 Å². The van der Waals surface area contributed by atoms with Crippen LogP contribution in [-0.2, 0) is 9.53 Å². The number of ether oxygens (including phenoxy) is 1. The Hall–Kier alpha value is -0.220. The summed E-state index contributed by atoms with van der Waals surface area (Å²) in [6, 6.07) is 0. The predicted octanol–water partition coefficient (Wildman–Crippen LogP) is 0.197. The van der Waals surface area contributed by atoms with E-state index in [2.05, 4.69) is 4.74 Å². The SMILES string of the molecule is CSCC(N)OC(C)=O. The maximum Gasteiger partial charge on any atom is 0.304 e. The first-order chi connectivity index (χ1) is 4.16. The number of carbonyl (C=O) groups is 1. The van der Waals surface area contributed by atoms with Crippen molar-refractivity contribution in [3.8, 4) is 0 Å². The second-order valence-electron chi connectivity index (χ2n) is 1.60. The third kappa shape index (κ3) is 5.65. The lowest BCUT2D eigenvalue weighted by Crippen LogP contribution is -2.28. The standard InChI is InChI=1S/C5H11NO2S/c1-4(7)8-5(6)3-9-2/h5H,3,6H2,1-2H3. The topological polar surface area (TPSA) is 52.3 Å². The highest BCUT2D eigenvalue weighted by molar-refractivity contribution is 7.98. The molecule has 0 bridgehead atoms. The Morgan fingerprint density at radius 3 is 2.78 bits per heavy atom. The van der Waals surface area contributed by atoms with Crippen molar-refractivity contribution in [3.63, 3.8) is 0 Å². The average Bonchev–Trinajstić information content (AvgIpc) is 1.63. The summed E-state index contributed by atoms with van der Waals surface area (Å²) >= 11 is 1.55. The fraction of sp³-hybridized carbons (Fsp3) is 0.800. The van der Waals surface area contributed by atoms with Gasteiger partial charge < -0.3 is 4.74 Å². The largest absolute Gasteiger partial charge is 0.446 e. The van der Waals surface area contributed by atoms with Gasteiger partial charge in [-0.15, -0.1) is 0 Å². The maximum absolute atomic E-state index is 10.2. The Bertz CT molecular complexity index is 97.0. The van der Waals surface area contributed by atoms with Crippen LogP contribution in [0, 0.1) is 0 Å². The molecule has 0 amide bonds. The lowest BCUT2D eigenvalue weighted by molar-refractivity contribution is -0.144. The highest BCUT2D eigenvalue weighted by Crippen LogP contribution is 1.95. The van der Waals surface area contributed by atoms with E-state index in [0.29, 0.717) is 5.75 Å². The quantitative estimate of drug-likeness (QED) is 0.460. The fourth-order valence-corrected chi connectivity index (χ4v) is 0.808. The summed E-state index contributed by atoms with van der Waals surface area (Å²) in [5.74, 6) is 0.330. The number of thioether (sulfide) groups is 1. The summed E-state index contributed by atoms with van der Waals surface area (Å²) in [5.41, 5.74) is 5.32. The third-order valence-electron chi connectivity index (χ3n) is 0.648. The summed E-state index contributed by atoms with van der Waals surface area (Å²) in [5, 5.41) is 0. The van der Waals surface area contributed by atoms with E-state index >= 15 is 0 Å². The summed E-state index contributed by atoms with van der Waals surface area (Å²) in [6.45, 7) is 1.35. The highest BCUT2D eigenvalue weighted by Gasteiger charge is 2.02. The van der Waals surface area contributed by atoms with Gasteiger partial charge in [0.1, 0.15) is 0 Å². The van der Waals surface area contributed by atoms with Crippen molar-refractivity contribution < 1.29 is 9.53 Å². The van der Waals surface area contributed by atoms with Crippen molar-refractivity contribution in [2.75, 3.05) is 12.0 Å². The Morgan fingerprint density at radius 1 is 1.89 bits per heavy atom. The lowest BCUT2D eigenvalue weighted by Gasteiger charge is -2.08. The Kier molecular flexibility index (Phi) is 4.53. The molecule has 0 saturated carbocycles. The van der Waals surface area contributed by atoms with Crippen LogP contribution >= 0.6 is 11.8 Å². The summed E-state index contributed by atoms with van der Waals surface area (Å²) < 4.78 is 4.61. The van der Waals surface area contributed by atoms with Crippen LogP contribution < -0.4 is 5.73 Å². The van der Waals surface area contributed by atoms with Gasteiger partial charge >= 0.3 is 5.97 Å². The first kappa shape index (κ1) is 8.78. The third-order valence-corrected chi connectivity index (χ3v) is 1.31. The molecule has 0 fully saturated rings. The number of hydrogen-bond donors (Lipinski definition) is 1. The molecule has 3 nitrogen and oxygen atoms in total. The van der Waals surface area contributed by atoms with E-state index in [1.54, 1.807) is 11.8 Å². The Labute approximate surface area is 58.9 Å². The molecule has 9 heavy (non-hydrogen) atoms. The minimum atomic E-state index is -0.447. The zero-order valence-electron chi connectivity index (χ0n) is 5.59. The zero-order chi connectivity index (χ0) is 7.28. The average molecular weight is 149 g/mol. The van der Waals surface area contributed by atoms with E-state index in [4.69, 9.17) is 5.73 Å². The molecule has 1 unspecified atom stereocenters. The second-order valence-corrected chi connectivity index (χ2v) is 2.51. The van der Waals surface area contributed by atoms with Gasteiger partial charge in [0.2, 0.25) is 0 Å². The van der Waals surface area contributed by atoms with Crippen LogP contribution in [0.1, 0.15) is 6.92 Å². The molecule has 0 aromatic carbocycles. The summed E-state index contributed by atoms with van der Waals surface area (Å²) in [4.78, 5) is 10.2. The van der Waals surface area contributed by atoms with Crippen LogP contribution in [0.2, 0.25) is 0 Å². The molecule has 54 valence electrons. The number of carbonyl (C=O) groups excluding carboxylic acids is 1. The molecular formula is C5H11NO2S. The molecule has 0 aliphatic heterocycles. The molecule has 2 N–H and O–H groups in total. The van der Waals surface area contributed by atoms with Crippen molar-refractivity contribution in [2.24, 2.45) is 5.73 Å². The van der Waals surface area contributed by atoms with Gasteiger partial charge in [0.25, 0.3) is 0 Å². The van der Waals surface area contributed by atoms with Crippen LogP contribution in [-0.4, -0.2) is 24.2 Å². The molecule has 0 aliphatic rings. The van der Waals surface area contributed by atoms with Gasteiger partial charge in [-0.05, 0) is 6.26 Å². The van der Waals surface area contributed by atoms with Crippen LogP contribution in [0.25, 0.3) is 0 Å². The van der Waals surface area contributed by atoms with Gasteiger partial charge in [-0.25, -0.2) is 0 Å². The fourth-order valence-electron chi connectivity index (χ4n) is 0.411.